The highest BCUT2D eigenvalue weighted by molar-refractivity contribution is 5.48. The average Bonchev–Trinajstić information content (AvgIpc) is 2.54. The van der Waals surface area contributed by atoms with Gasteiger partial charge in [0.25, 0.3) is 0 Å². The van der Waals surface area contributed by atoms with E-state index in [1.165, 1.54) is 5.56 Å². The average molecular weight is 290 g/mol. The van der Waals surface area contributed by atoms with Gasteiger partial charge in [0.1, 0.15) is 0 Å². The van der Waals surface area contributed by atoms with E-state index in [0.29, 0.717) is 0 Å². The van der Waals surface area contributed by atoms with Crippen molar-refractivity contribution < 1.29 is 9.84 Å². The van der Waals surface area contributed by atoms with Gasteiger partial charge in [-0.2, -0.15) is 0 Å². The molecule has 1 aliphatic rings. The molecule has 1 aliphatic heterocycles. The molecule has 0 bridgehead atoms. The molecule has 0 aliphatic carbocycles. The quantitative estimate of drug-likeness (QED) is 0.783. The molecule has 1 N–H and O–H groups in total. The minimum atomic E-state index is 0.211. The van der Waals surface area contributed by atoms with Crippen LogP contribution in [0.3, 0.4) is 0 Å². The summed E-state index contributed by atoms with van der Waals surface area (Å²) in [6.45, 7) is 7.56. The SMILES string of the molecule is OCCN(C/C=C/c1ccccc1)CCN1CCOCC1. The summed E-state index contributed by atoms with van der Waals surface area (Å²) in [6.07, 6.45) is 4.31. The summed E-state index contributed by atoms with van der Waals surface area (Å²) < 4.78 is 5.36. The van der Waals surface area contributed by atoms with Crippen LogP contribution in [0.5, 0.6) is 0 Å². The lowest BCUT2D eigenvalue weighted by Crippen LogP contribution is -2.42. The molecule has 0 saturated carbocycles. The van der Waals surface area contributed by atoms with Gasteiger partial charge in [0.2, 0.25) is 0 Å². The first kappa shape index (κ1) is 16.2. The molecule has 116 valence electrons. The minimum Gasteiger partial charge on any atom is -0.395 e. The van der Waals surface area contributed by atoms with Crippen LogP contribution in [-0.4, -0.2) is 74.0 Å². The van der Waals surface area contributed by atoms with E-state index in [2.05, 4.69) is 34.1 Å². The van der Waals surface area contributed by atoms with Gasteiger partial charge in [-0.15, -0.1) is 0 Å². The van der Waals surface area contributed by atoms with Crippen LogP contribution in [0, 0.1) is 0 Å². The van der Waals surface area contributed by atoms with Gasteiger partial charge in [-0.25, -0.2) is 0 Å². The van der Waals surface area contributed by atoms with Gasteiger partial charge >= 0.3 is 0 Å². The third kappa shape index (κ3) is 6.40. The molecule has 2 rings (SSSR count). The number of nitrogens with zero attached hydrogens (tertiary/aromatic N) is 2. The normalized spacial score (nSPS) is 16.9. The summed E-state index contributed by atoms with van der Waals surface area (Å²) in [5.74, 6) is 0. The van der Waals surface area contributed by atoms with Crippen molar-refractivity contribution in [3.63, 3.8) is 0 Å². The maximum atomic E-state index is 9.19. The van der Waals surface area contributed by atoms with Crippen LogP contribution in [-0.2, 0) is 4.74 Å². The van der Waals surface area contributed by atoms with Gasteiger partial charge in [-0.3, -0.25) is 9.80 Å². The number of ether oxygens (including phenoxy) is 1. The second-order valence-electron chi connectivity index (χ2n) is 5.29. The Hall–Kier alpha value is -1.20. The van der Waals surface area contributed by atoms with Crippen LogP contribution in [0.25, 0.3) is 6.08 Å². The highest BCUT2D eigenvalue weighted by Crippen LogP contribution is 2.02. The molecule has 4 nitrogen and oxygen atoms in total. The molecule has 1 saturated heterocycles. The van der Waals surface area contributed by atoms with E-state index in [9.17, 15) is 5.11 Å². The predicted molar refractivity (Wildman–Crippen MR) is 86.3 cm³/mol. The lowest BCUT2D eigenvalue weighted by Gasteiger charge is -2.29. The Morgan fingerprint density at radius 1 is 1.14 bits per heavy atom. The van der Waals surface area contributed by atoms with Crippen LogP contribution in [0.1, 0.15) is 5.56 Å². The fourth-order valence-corrected chi connectivity index (χ4v) is 2.45. The summed E-state index contributed by atoms with van der Waals surface area (Å²) in [5.41, 5.74) is 1.22. The number of benzene rings is 1. The fraction of sp³-hybridized carbons (Fsp3) is 0.529. The van der Waals surface area contributed by atoms with Crippen molar-refractivity contribution in [2.24, 2.45) is 0 Å². The van der Waals surface area contributed by atoms with Crippen molar-refractivity contribution in [3.05, 3.63) is 42.0 Å². The van der Waals surface area contributed by atoms with Crippen molar-refractivity contribution in [2.75, 3.05) is 59.1 Å². The standard InChI is InChI=1S/C17H26N2O2/c20-14-11-18(9-10-19-12-15-21-16-13-19)8-4-7-17-5-2-1-3-6-17/h1-7,20H,8-16H2/b7-4+. The van der Waals surface area contributed by atoms with Crippen LogP contribution in [0.15, 0.2) is 36.4 Å². The molecule has 0 unspecified atom stereocenters. The first-order valence-electron chi connectivity index (χ1n) is 7.73. The number of hydrogen-bond acceptors (Lipinski definition) is 4. The van der Waals surface area contributed by atoms with Gasteiger partial charge in [0.05, 0.1) is 19.8 Å². The van der Waals surface area contributed by atoms with Gasteiger partial charge in [0, 0.05) is 39.3 Å². The number of aliphatic hydroxyl groups is 1. The Kier molecular flexibility index (Phi) is 7.46. The molecule has 21 heavy (non-hydrogen) atoms. The summed E-state index contributed by atoms with van der Waals surface area (Å²) in [4.78, 5) is 4.71. The molecular formula is C17H26N2O2. The lowest BCUT2D eigenvalue weighted by atomic mass is 10.2. The highest BCUT2D eigenvalue weighted by atomic mass is 16.5. The van der Waals surface area contributed by atoms with E-state index in [1.54, 1.807) is 0 Å². The van der Waals surface area contributed by atoms with Crippen molar-refractivity contribution in [3.8, 4) is 0 Å². The zero-order chi connectivity index (χ0) is 14.8. The van der Waals surface area contributed by atoms with Gasteiger partial charge in [-0.1, -0.05) is 42.5 Å². The van der Waals surface area contributed by atoms with Crippen molar-refractivity contribution in [1.29, 1.82) is 0 Å². The van der Waals surface area contributed by atoms with Crippen molar-refractivity contribution in [1.82, 2.24) is 9.80 Å². The summed E-state index contributed by atoms with van der Waals surface area (Å²) in [5, 5.41) is 9.19. The Labute approximate surface area is 127 Å². The van der Waals surface area contributed by atoms with E-state index >= 15 is 0 Å². The smallest absolute Gasteiger partial charge is 0.0594 e. The van der Waals surface area contributed by atoms with Crippen LogP contribution >= 0.6 is 0 Å². The Morgan fingerprint density at radius 2 is 1.90 bits per heavy atom. The monoisotopic (exact) mass is 290 g/mol. The van der Waals surface area contributed by atoms with E-state index in [4.69, 9.17) is 4.74 Å². The molecule has 1 aromatic carbocycles. The molecule has 1 heterocycles. The second-order valence-corrected chi connectivity index (χ2v) is 5.29. The van der Waals surface area contributed by atoms with Crippen molar-refractivity contribution >= 4 is 6.08 Å². The topological polar surface area (TPSA) is 35.9 Å². The predicted octanol–water partition coefficient (Wildman–Crippen LogP) is 1.33. The van der Waals surface area contributed by atoms with E-state index < -0.39 is 0 Å². The van der Waals surface area contributed by atoms with E-state index in [0.717, 1.165) is 52.5 Å². The van der Waals surface area contributed by atoms with E-state index in [-0.39, 0.29) is 6.61 Å². The molecule has 0 aromatic heterocycles. The molecule has 1 aromatic rings. The zero-order valence-corrected chi connectivity index (χ0v) is 12.7. The maximum Gasteiger partial charge on any atom is 0.0594 e. The van der Waals surface area contributed by atoms with Crippen LogP contribution in [0.2, 0.25) is 0 Å². The van der Waals surface area contributed by atoms with Crippen LogP contribution in [0.4, 0.5) is 0 Å². The molecule has 0 amide bonds. The number of rotatable bonds is 8. The highest BCUT2D eigenvalue weighted by Gasteiger charge is 2.11. The first-order valence-corrected chi connectivity index (χ1v) is 7.73. The number of morpholine rings is 1. The fourth-order valence-electron chi connectivity index (χ4n) is 2.45. The zero-order valence-electron chi connectivity index (χ0n) is 12.7. The Balaban J connectivity index is 1.74. The molecule has 0 radical (unpaired) electrons. The maximum absolute atomic E-state index is 9.19. The summed E-state index contributed by atoms with van der Waals surface area (Å²) >= 11 is 0. The minimum absolute atomic E-state index is 0.211. The summed E-state index contributed by atoms with van der Waals surface area (Å²) in [6, 6.07) is 10.3. The molecule has 0 spiro atoms. The molecule has 0 atom stereocenters. The van der Waals surface area contributed by atoms with Gasteiger partial charge in [0.15, 0.2) is 0 Å². The van der Waals surface area contributed by atoms with E-state index in [1.807, 2.05) is 18.2 Å². The van der Waals surface area contributed by atoms with Crippen molar-refractivity contribution in [2.45, 2.75) is 0 Å². The first-order chi connectivity index (χ1) is 10.4. The molecule has 1 fully saturated rings. The Morgan fingerprint density at radius 3 is 2.62 bits per heavy atom. The lowest BCUT2D eigenvalue weighted by molar-refractivity contribution is 0.0331. The Bertz CT molecular complexity index is 403. The second kappa shape index (κ2) is 9.68. The van der Waals surface area contributed by atoms with Crippen LogP contribution < -0.4 is 0 Å². The third-order valence-electron chi connectivity index (χ3n) is 3.73. The largest absolute Gasteiger partial charge is 0.395 e. The van der Waals surface area contributed by atoms with Gasteiger partial charge in [-0.05, 0) is 5.56 Å². The third-order valence-corrected chi connectivity index (χ3v) is 3.73. The number of hydrogen-bond donors (Lipinski definition) is 1. The summed E-state index contributed by atoms with van der Waals surface area (Å²) in [7, 11) is 0. The van der Waals surface area contributed by atoms with Gasteiger partial charge < -0.3 is 9.84 Å². The molecular weight excluding hydrogens is 264 g/mol. The number of aliphatic hydroxyl groups excluding tert-OH is 1. The molecule has 4 heteroatoms.